The van der Waals surface area contributed by atoms with Crippen LogP contribution in [-0.4, -0.2) is 70.6 Å². The molecule has 3 rings (SSSR count). The maximum atomic E-state index is 4.98. The number of fused-ring (bicyclic) bond motifs is 1. The second-order valence-corrected chi connectivity index (χ2v) is 5.76. The molecule has 7 heteroatoms. The van der Waals surface area contributed by atoms with Gasteiger partial charge in [0, 0.05) is 44.3 Å². The minimum atomic E-state index is -0.0146. The maximum absolute atomic E-state index is 4.98. The van der Waals surface area contributed by atoms with Crippen molar-refractivity contribution < 1.29 is 4.74 Å². The predicted octanol–water partition coefficient (Wildman–Crippen LogP) is 1.62. The monoisotopic (exact) mass is 328 g/mol. The van der Waals surface area contributed by atoms with Gasteiger partial charge in [-0.2, -0.15) is 0 Å². The molecule has 0 aliphatic carbocycles. The summed E-state index contributed by atoms with van der Waals surface area (Å²) in [6.07, 6.45) is 9.74. The Morgan fingerprint density at radius 1 is 1.25 bits per heavy atom. The van der Waals surface area contributed by atoms with Gasteiger partial charge in [-0.1, -0.05) is 6.08 Å². The number of hydrogen-bond donors (Lipinski definition) is 0. The minimum absolute atomic E-state index is 0.0146. The van der Waals surface area contributed by atoms with Crippen molar-refractivity contribution in [2.75, 3.05) is 33.9 Å². The first kappa shape index (κ1) is 16.3. The molecule has 0 fully saturated rings. The van der Waals surface area contributed by atoms with Crippen LogP contribution in [0.4, 0.5) is 0 Å². The van der Waals surface area contributed by atoms with E-state index in [1.807, 2.05) is 6.08 Å². The Balaban J connectivity index is 1.80. The highest BCUT2D eigenvalue weighted by molar-refractivity contribution is 6.00. The predicted molar refractivity (Wildman–Crippen MR) is 94.3 cm³/mol. The molecule has 0 amide bonds. The van der Waals surface area contributed by atoms with Crippen LogP contribution in [0.25, 0.3) is 6.08 Å². The molecule has 1 atom stereocenters. The molecule has 0 spiro atoms. The number of rotatable bonds is 5. The highest BCUT2D eigenvalue weighted by Crippen LogP contribution is 2.26. The summed E-state index contributed by atoms with van der Waals surface area (Å²) in [7, 11) is 3.64. The fourth-order valence-electron chi connectivity index (χ4n) is 2.80. The summed E-state index contributed by atoms with van der Waals surface area (Å²) in [5.41, 5.74) is 2.10. The summed E-state index contributed by atoms with van der Waals surface area (Å²) in [6, 6.07) is 0.375. The van der Waals surface area contributed by atoms with Crippen molar-refractivity contribution in [3.8, 4) is 6.01 Å². The third kappa shape index (κ3) is 3.06. The molecule has 0 bridgehead atoms. The summed E-state index contributed by atoms with van der Waals surface area (Å²) >= 11 is 0. The third-order valence-electron chi connectivity index (χ3n) is 4.30. The average molecular weight is 328 g/mol. The van der Waals surface area contributed by atoms with Gasteiger partial charge in [0.15, 0.2) is 5.84 Å². The van der Waals surface area contributed by atoms with E-state index in [0.717, 1.165) is 31.2 Å². The van der Waals surface area contributed by atoms with Crippen molar-refractivity contribution in [3.05, 3.63) is 35.9 Å². The van der Waals surface area contributed by atoms with E-state index in [4.69, 9.17) is 9.73 Å². The molecule has 1 unspecified atom stereocenters. The lowest BCUT2D eigenvalue weighted by Gasteiger charge is -2.36. The van der Waals surface area contributed by atoms with Gasteiger partial charge in [0.25, 0.3) is 0 Å². The van der Waals surface area contributed by atoms with Crippen LogP contribution in [0.2, 0.25) is 0 Å². The topological polar surface area (TPSA) is 57.1 Å². The minimum Gasteiger partial charge on any atom is -0.467 e. The van der Waals surface area contributed by atoms with E-state index in [2.05, 4.69) is 57.8 Å². The van der Waals surface area contributed by atoms with Gasteiger partial charge in [-0.25, -0.2) is 15.0 Å². The number of aromatic nitrogens is 2. The second kappa shape index (κ2) is 6.90. The van der Waals surface area contributed by atoms with Gasteiger partial charge < -0.3 is 19.4 Å². The van der Waals surface area contributed by atoms with Gasteiger partial charge in [0.2, 0.25) is 0 Å². The number of aliphatic imine (C=N–C) groups is 1. The summed E-state index contributed by atoms with van der Waals surface area (Å²) in [5, 5.41) is 0. The lowest BCUT2D eigenvalue weighted by atomic mass is 10.2. The molecule has 0 saturated heterocycles. The molecule has 2 aliphatic heterocycles. The highest BCUT2D eigenvalue weighted by atomic mass is 16.5. The standard InChI is InChI=1S/C17H24N6O/c1-5-22-11-14-16(23(6-2)12-22)20-15(21(14)3)8-7-13-9-18-17(24-4)19-10-13/h7-11,15H,5-6,12H2,1-4H3/b8-7+. The molecule has 1 aromatic rings. The van der Waals surface area contributed by atoms with Crippen molar-refractivity contribution in [3.63, 3.8) is 0 Å². The van der Waals surface area contributed by atoms with Crippen molar-refractivity contribution in [1.29, 1.82) is 0 Å². The molecular formula is C17H24N6O. The van der Waals surface area contributed by atoms with Crippen molar-refractivity contribution in [2.45, 2.75) is 20.0 Å². The lowest BCUT2D eigenvalue weighted by Crippen LogP contribution is -2.45. The lowest BCUT2D eigenvalue weighted by molar-refractivity contribution is 0.242. The number of ether oxygens (including phenoxy) is 1. The van der Waals surface area contributed by atoms with Crippen molar-refractivity contribution in [1.82, 2.24) is 24.7 Å². The van der Waals surface area contributed by atoms with Crippen LogP contribution < -0.4 is 4.74 Å². The SMILES string of the molecule is CCN1C=C2C(=NC(/C=C/c3cnc(OC)nc3)N2C)N(CC)C1. The van der Waals surface area contributed by atoms with E-state index in [0.29, 0.717) is 6.01 Å². The second-order valence-electron chi connectivity index (χ2n) is 5.76. The largest absolute Gasteiger partial charge is 0.467 e. The van der Waals surface area contributed by atoms with Crippen LogP contribution in [0, 0.1) is 0 Å². The average Bonchev–Trinajstić information content (AvgIpc) is 2.95. The van der Waals surface area contributed by atoms with Crippen LogP contribution >= 0.6 is 0 Å². The zero-order chi connectivity index (χ0) is 17.1. The van der Waals surface area contributed by atoms with Crippen LogP contribution in [0.15, 0.2) is 35.4 Å². The molecule has 1 aromatic heterocycles. The summed E-state index contributed by atoms with van der Waals surface area (Å²) < 4.78 is 4.98. The van der Waals surface area contributed by atoms with Gasteiger partial charge in [0.1, 0.15) is 6.17 Å². The zero-order valence-electron chi connectivity index (χ0n) is 14.7. The van der Waals surface area contributed by atoms with Crippen LogP contribution in [0.5, 0.6) is 6.01 Å². The molecule has 24 heavy (non-hydrogen) atoms. The molecule has 0 aromatic carbocycles. The van der Waals surface area contributed by atoms with Crippen LogP contribution in [0.1, 0.15) is 19.4 Å². The molecular weight excluding hydrogens is 304 g/mol. The smallest absolute Gasteiger partial charge is 0.316 e. The molecule has 7 nitrogen and oxygen atoms in total. The Morgan fingerprint density at radius 3 is 2.62 bits per heavy atom. The Bertz CT molecular complexity index is 666. The van der Waals surface area contributed by atoms with Gasteiger partial charge >= 0.3 is 6.01 Å². The van der Waals surface area contributed by atoms with E-state index in [9.17, 15) is 0 Å². The van der Waals surface area contributed by atoms with Crippen molar-refractivity contribution in [2.24, 2.45) is 4.99 Å². The van der Waals surface area contributed by atoms with Crippen molar-refractivity contribution >= 4 is 11.9 Å². The Labute approximate surface area is 143 Å². The Morgan fingerprint density at radius 2 is 2.00 bits per heavy atom. The Hall–Kier alpha value is -2.57. The van der Waals surface area contributed by atoms with Gasteiger partial charge in [-0.15, -0.1) is 0 Å². The van der Waals surface area contributed by atoms with E-state index >= 15 is 0 Å². The zero-order valence-corrected chi connectivity index (χ0v) is 14.7. The molecule has 128 valence electrons. The number of nitrogens with zero attached hydrogens (tertiary/aromatic N) is 6. The molecule has 0 saturated carbocycles. The summed E-state index contributed by atoms with van der Waals surface area (Å²) in [5.74, 6) is 1.07. The van der Waals surface area contributed by atoms with E-state index < -0.39 is 0 Å². The van der Waals surface area contributed by atoms with Crippen LogP contribution in [-0.2, 0) is 0 Å². The summed E-state index contributed by atoms with van der Waals surface area (Å²) in [6.45, 7) is 7.17. The third-order valence-corrected chi connectivity index (χ3v) is 4.30. The molecule has 0 radical (unpaired) electrons. The molecule has 2 aliphatic rings. The fourth-order valence-corrected chi connectivity index (χ4v) is 2.80. The van der Waals surface area contributed by atoms with E-state index in [1.54, 1.807) is 19.5 Å². The number of amidine groups is 1. The number of hydrogen-bond acceptors (Lipinski definition) is 7. The number of likely N-dealkylation sites (N-methyl/N-ethyl adjacent to an activating group) is 2. The van der Waals surface area contributed by atoms with E-state index in [-0.39, 0.29) is 6.17 Å². The molecule has 0 N–H and O–H groups in total. The first-order chi connectivity index (χ1) is 11.7. The van der Waals surface area contributed by atoms with Gasteiger partial charge in [-0.05, 0) is 19.9 Å². The number of methoxy groups -OCH3 is 1. The van der Waals surface area contributed by atoms with Gasteiger partial charge in [-0.3, -0.25) is 0 Å². The fraction of sp³-hybridized carbons (Fsp3) is 0.471. The molecule has 3 heterocycles. The quantitative estimate of drug-likeness (QED) is 0.819. The van der Waals surface area contributed by atoms with E-state index in [1.165, 1.54) is 5.70 Å². The van der Waals surface area contributed by atoms with Gasteiger partial charge in [0.05, 0.1) is 19.5 Å². The van der Waals surface area contributed by atoms with Crippen LogP contribution in [0.3, 0.4) is 0 Å². The first-order valence-electron chi connectivity index (χ1n) is 8.22. The summed E-state index contributed by atoms with van der Waals surface area (Å²) in [4.78, 5) is 19.9. The Kier molecular flexibility index (Phi) is 4.69. The highest BCUT2D eigenvalue weighted by Gasteiger charge is 2.33. The normalized spacial score (nSPS) is 20.3. The maximum Gasteiger partial charge on any atom is 0.316 e. The first-order valence-corrected chi connectivity index (χ1v) is 8.22.